The molecule has 0 fully saturated rings. The maximum absolute atomic E-state index is 12.6. The highest BCUT2D eigenvalue weighted by Gasteiger charge is 2.24. The Labute approximate surface area is 157 Å². The topological polar surface area (TPSA) is 44.1 Å². The van der Waals surface area contributed by atoms with Crippen molar-refractivity contribution >= 4 is 6.09 Å². The molecule has 0 aliphatic heterocycles. The summed E-state index contributed by atoms with van der Waals surface area (Å²) in [4.78, 5) is 17.1. The maximum Gasteiger partial charge on any atom is 0.419 e. The number of imidazole rings is 1. The fourth-order valence-corrected chi connectivity index (χ4v) is 3.66. The van der Waals surface area contributed by atoms with Crippen LogP contribution in [0.3, 0.4) is 0 Å². The molecule has 2 aromatic rings. The first-order valence-electron chi connectivity index (χ1n) is 9.39. The lowest BCUT2D eigenvalue weighted by Crippen LogP contribution is -2.26. The van der Waals surface area contributed by atoms with Gasteiger partial charge < -0.3 is 4.74 Å². The Morgan fingerprint density at radius 3 is 2.58 bits per heavy atom. The molecule has 1 aromatic heterocycles. The van der Waals surface area contributed by atoms with E-state index in [0.29, 0.717) is 18.3 Å². The summed E-state index contributed by atoms with van der Waals surface area (Å²) in [7, 11) is 0. The minimum atomic E-state index is -0.355. The second-order valence-corrected chi connectivity index (χ2v) is 8.48. The lowest BCUT2D eigenvalue weighted by atomic mass is 9.85. The van der Waals surface area contributed by atoms with Crippen LogP contribution < -0.4 is 0 Å². The minimum absolute atomic E-state index is 0.0149. The van der Waals surface area contributed by atoms with Gasteiger partial charge in [-0.25, -0.2) is 14.3 Å². The molecule has 142 valence electrons. The third-order valence-electron chi connectivity index (χ3n) is 4.91. The van der Waals surface area contributed by atoms with E-state index in [4.69, 9.17) is 4.74 Å². The minimum Gasteiger partial charge on any atom is -0.448 e. The van der Waals surface area contributed by atoms with Gasteiger partial charge in [-0.05, 0) is 48.3 Å². The van der Waals surface area contributed by atoms with Crippen molar-refractivity contribution in [2.45, 2.75) is 60.8 Å². The predicted octanol–water partition coefficient (Wildman–Crippen LogP) is 5.71. The fourth-order valence-electron chi connectivity index (χ4n) is 3.66. The first-order valence-corrected chi connectivity index (χ1v) is 9.39. The predicted molar refractivity (Wildman–Crippen MR) is 106 cm³/mol. The van der Waals surface area contributed by atoms with E-state index in [-0.39, 0.29) is 17.4 Å². The molecule has 1 aromatic carbocycles. The number of nitrogens with zero attached hydrogens (tertiary/aromatic N) is 2. The smallest absolute Gasteiger partial charge is 0.419 e. The van der Waals surface area contributed by atoms with E-state index in [1.54, 1.807) is 12.4 Å². The standard InChI is InChI=1S/C22H32N2O2/c1-15(2)13-22(6,7)14-26-21(25)24-12-11-23-20(24)18(5)19-10-8-9-16(3)17(19)4/h8-12,15,18H,13-14H2,1-7H3/t18-/m0/s1. The Kier molecular flexibility index (Phi) is 6.27. The van der Waals surface area contributed by atoms with Crippen molar-refractivity contribution in [3.63, 3.8) is 0 Å². The molecule has 4 heteroatoms. The summed E-state index contributed by atoms with van der Waals surface area (Å²) in [5.74, 6) is 1.29. The average molecular weight is 357 g/mol. The van der Waals surface area contributed by atoms with Crippen molar-refractivity contribution < 1.29 is 9.53 Å². The lowest BCUT2D eigenvalue weighted by Gasteiger charge is -2.26. The summed E-state index contributed by atoms with van der Waals surface area (Å²) in [5, 5.41) is 0. The van der Waals surface area contributed by atoms with Gasteiger partial charge in [-0.2, -0.15) is 0 Å². The normalized spacial score (nSPS) is 13.1. The summed E-state index contributed by atoms with van der Waals surface area (Å²) >= 11 is 0. The first kappa shape index (κ1) is 20.2. The van der Waals surface area contributed by atoms with Crippen LogP contribution in [0, 0.1) is 25.2 Å². The first-order chi connectivity index (χ1) is 12.1. The molecule has 0 aliphatic carbocycles. The molecule has 0 spiro atoms. The van der Waals surface area contributed by atoms with Crippen LogP contribution in [-0.4, -0.2) is 22.3 Å². The number of rotatable bonds is 6. The molecule has 0 N–H and O–H groups in total. The van der Waals surface area contributed by atoms with E-state index in [1.807, 2.05) is 6.07 Å². The Bertz CT molecular complexity index is 759. The highest BCUT2D eigenvalue weighted by molar-refractivity contribution is 5.71. The second-order valence-electron chi connectivity index (χ2n) is 8.48. The zero-order valence-corrected chi connectivity index (χ0v) is 17.2. The van der Waals surface area contributed by atoms with Crippen molar-refractivity contribution in [1.29, 1.82) is 0 Å². The van der Waals surface area contributed by atoms with Gasteiger partial charge in [-0.3, -0.25) is 0 Å². The second kappa shape index (κ2) is 8.07. The zero-order chi connectivity index (χ0) is 19.5. The van der Waals surface area contributed by atoms with Crippen molar-refractivity contribution in [1.82, 2.24) is 9.55 Å². The van der Waals surface area contributed by atoms with Crippen molar-refractivity contribution in [2.75, 3.05) is 6.61 Å². The van der Waals surface area contributed by atoms with E-state index in [1.165, 1.54) is 21.3 Å². The van der Waals surface area contributed by atoms with Gasteiger partial charge in [-0.15, -0.1) is 0 Å². The lowest BCUT2D eigenvalue weighted by molar-refractivity contribution is 0.0883. The molecule has 26 heavy (non-hydrogen) atoms. The number of hydrogen-bond acceptors (Lipinski definition) is 3. The summed E-state index contributed by atoms with van der Waals surface area (Å²) in [5.41, 5.74) is 3.63. The molecule has 0 bridgehead atoms. The molecule has 0 saturated heterocycles. The van der Waals surface area contributed by atoms with Crippen molar-refractivity contribution in [2.24, 2.45) is 11.3 Å². The van der Waals surface area contributed by atoms with Crippen LogP contribution in [0.1, 0.15) is 69.5 Å². The molecule has 0 saturated carbocycles. The van der Waals surface area contributed by atoms with Crippen LogP contribution >= 0.6 is 0 Å². The van der Waals surface area contributed by atoms with Gasteiger partial charge in [0, 0.05) is 18.3 Å². The number of benzene rings is 1. The SMILES string of the molecule is Cc1cccc([C@H](C)c2nccn2C(=O)OCC(C)(C)CC(C)C)c1C. The third-order valence-corrected chi connectivity index (χ3v) is 4.91. The Morgan fingerprint density at radius 2 is 1.92 bits per heavy atom. The fraction of sp³-hybridized carbons (Fsp3) is 0.545. The van der Waals surface area contributed by atoms with E-state index in [0.717, 1.165) is 6.42 Å². The molecule has 0 unspecified atom stereocenters. The van der Waals surface area contributed by atoms with Gasteiger partial charge in [0.15, 0.2) is 0 Å². The highest BCUT2D eigenvalue weighted by atomic mass is 16.5. The van der Waals surface area contributed by atoms with Crippen LogP contribution in [0.2, 0.25) is 0 Å². The monoisotopic (exact) mass is 356 g/mol. The van der Waals surface area contributed by atoms with E-state index in [9.17, 15) is 4.79 Å². The number of hydrogen-bond donors (Lipinski definition) is 0. The number of aryl methyl sites for hydroxylation is 1. The van der Waals surface area contributed by atoms with Crippen LogP contribution in [0.4, 0.5) is 4.79 Å². The van der Waals surface area contributed by atoms with E-state index >= 15 is 0 Å². The number of carbonyl (C=O) groups is 1. The summed E-state index contributed by atoms with van der Waals surface area (Å²) in [6.07, 6.45) is 4.01. The van der Waals surface area contributed by atoms with Gasteiger partial charge in [0.2, 0.25) is 0 Å². The molecular formula is C22H32N2O2. The van der Waals surface area contributed by atoms with Gasteiger partial charge in [0.05, 0.1) is 6.61 Å². The zero-order valence-electron chi connectivity index (χ0n) is 17.2. The number of carbonyl (C=O) groups excluding carboxylic acids is 1. The van der Waals surface area contributed by atoms with Gasteiger partial charge in [-0.1, -0.05) is 52.8 Å². The quantitative estimate of drug-likeness (QED) is 0.666. The molecule has 0 aliphatic rings. The van der Waals surface area contributed by atoms with Gasteiger partial charge in [0.1, 0.15) is 5.82 Å². The summed E-state index contributed by atoms with van der Waals surface area (Å²) < 4.78 is 7.16. The Morgan fingerprint density at radius 1 is 1.23 bits per heavy atom. The Balaban J connectivity index is 2.17. The number of ether oxygens (including phenoxy) is 1. The van der Waals surface area contributed by atoms with Gasteiger partial charge >= 0.3 is 6.09 Å². The average Bonchev–Trinajstić information content (AvgIpc) is 3.03. The van der Waals surface area contributed by atoms with E-state index < -0.39 is 0 Å². The molecule has 0 amide bonds. The van der Waals surface area contributed by atoms with Crippen LogP contribution in [0.25, 0.3) is 0 Å². The molecule has 4 nitrogen and oxygen atoms in total. The molecule has 1 heterocycles. The largest absolute Gasteiger partial charge is 0.448 e. The van der Waals surface area contributed by atoms with Crippen LogP contribution in [0.5, 0.6) is 0 Å². The molecular weight excluding hydrogens is 324 g/mol. The molecule has 2 rings (SSSR count). The summed E-state index contributed by atoms with van der Waals surface area (Å²) in [6, 6.07) is 6.25. The maximum atomic E-state index is 12.6. The molecule has 1 atom stereocenters. The van der Waals surface area contributed by atoms with Crippen molar-refractivity contribution in [3.05, 3.63) is 53.1 Å². The summed E-state index contributed by atoms with van der Waals surface area (Å²) in [6.45, 7) is 15.3. The third kappa shape index (κ3) is 4.75. The van der Waals surface area contributed by atoms with Crippen molar-refractivity contribution in [3.8, 4) is 0 Å². The van der Waals surface area contributed by atoms with Crippen LogP contribution in [0.15, 0.2) is 30.6 Å². The van der Waals surface area contributed by atoms with Crippen LogP contribution in [-0.2, 0) is 4.74 Å². The number of aromatic nitrogens is 2. The Hall–Kier alpha value is -2.10. The van der Waals surface area contributed by atoms with E-state index in [2.05, 4.69) is 65.6 Å². The molecule has 0 radical (unpaired) electrons. The van der Waals surface area contributed by atoms with Gasteiger partial charge in [0.25, 0.3) is 0 Å². The highest BCUT2D eigenvalue weighted by Crippen LogP contribution is 2.28.